The number of benzene rings is 2. The second-order valence-electron chi connectivity index (χ2n) is 4.54. The second-order valence-corrected chi connectivity index (χ2v) is 4.54. The average Bonchev–Trinajstić information content (AvgIpc) is 2.41. The van der Waals surface area contributed by atoms with Crippen LogP contribution in [0.25, 0.3) is 0 Å². The number of ether oxygens (including phenoxy) is 2. The van der Waals surface area contributed by atoms with Crippen LogP contribution in [0, 0.1) is 0 Å². The van der Waals surface area contributed by atoms with Crippen LogP contribution in [0.5, 0.6) is 17.2 Å². The number of hydrogen-bond donors (Lipinski definition) is 1. The lowest BCUT2D eigenvalue weighted by atomic mass is 10.2. The predicted molar refractivity (Wildman–Crippen MR) is 75.3 cm³/mol. The van der Waals surface area contributed by atoms with Crippen molar-refractivity contribution in [3.63, 3.8) is 0 Å². The van der Waals surface area contributed by atoms with Gasteiger partial charge in [-0.05, 0) is 50.2 Å². The molecule has 0 saturated carbocycles. The number of para-hydroxylation sites is 1. The molecule has 0 unspecified atom stereocenters. The van der Waals surface area contributed by atoms with Gasteiger partial charge in [0.05, 0.1) is 6.10 Å². The maximum atomic E-state index is 11.9. The zero-order chi connectivity index (χ0) is 14.5. The molecule has 0 atom stereocenters. The summed E-state index contributed by atoms with van der Waals surface area (Å²) in [7, 11) is 0. The van der Waals surface area contributed by atoms with Crippen LogP contribution in [0.4, 0.5) is 0 Å². The van der Waals surface area contributed by atoms with Gasteiger partial charge in [0, 0.05) is 0 Å². The van der Waals surface area contributed by atoms with Gasteiger partial charge in [0.2, 0.25) is 0 Å². The Labute approximate surface area is 117 Å². The molecule has 0 amide bonds. The normalized spacial score (nSPS) is 10.3. The fraction of sp³-hybridized carbons (Fsp3) is 0.188. The Morgan fingerprint density at radius 3 is 2.20 bits per heavy atom. The van der Waals surface area contributed by atoms with Gasteiger partial charge in [-0.2, -0.15) is 0 Å². The van der Waals surface area contributed by atoms with Crippen molar-refractivity contribution in [3.05, 3.63) is 54.1 Å². The summed E-state index contributed by atoms with van der Waals surface area (Å²) in [5, 5.41) is 9.58. The van der Waals surface area contributed by atoms with E-state index in [0.717, 1.165) is 0 Å². The van der Waals surface area contributed by atoms with Gasteiger partial charge >= 0.3 is 5.97 Å². The van der Waals surface area contributed by atoms with E-state index >= 15 is 0 Å². The van der Waals surface area contributed by atoms with E-state index in [-0.39, 0.29) is 17.4 Å². The number of esters is 1. The van der Waals surface area contributed by atoms with Crippen LogP contribution < -0.4 is 9.47 Å². The Bertz CT molecular complexity index is 588. The predicted octanol–water partition coefficient (Wildman–Crippen LogP) is 3.40. The van der Waals surface area contributed by atoms with Gasteiger partial charge in [0.15, 0.2) is 0 Å². The minimum atomic E-state index is -0.597. The second kappa shape index (κ2) is 6.10. The molecule has 0 heterocycles. The molecule has 0 aromatic heterocycles. The van der Waals surface area contributed by atoms with Gasteiger partial charge < -0.3 is 14.6 Å². The Kier molecular flexibility index (Phi) is 4.25. The molecule has 4 nitrogen and oxygen atoms in total. The molecule has 2 rings (SSSR count). The lowest BCUT2D eigenvalue weighted by molar-refractivity contribution is 0.0731. The first-order valence-corrected chi connectivity index (χ1v) is 6.33. The molecule has 20 heavy (non-hydrogen) atoms. The summed E-state index contributed by atoms with van der Waals surface area (Å²) in [5.41, 5.74) is 0.134. The van der Waals surface area contributed by atoms with E-state index in [0.29, 0.717) is 11.5 Å². The molecule has 0 aliphatic rings. The van der Waals surface area contributed by atoms with Crippen molar-refractivity contribution in [2.24, 2.45) is 0 Å². The third-order valence-corrected chi connectivity index (χ3v) is 2.53. The Morgan fingerprint density at radius 2 is 1.60 bits per heavy atom. The molecule has 0 aliphatic carbocycles. The van der Waals surface area contributed by atoms with E-state index in [4.69, 9.17) is 9.47 Å². The highest BCUT2D eigenvalue weighted by atomic mass is 16.5. The minimum absolute atomic E-state index is 0.0877. The molecule has 2 aromatic carbocycles. The van der Waals surface area contributed by atoms with Crippen LogP contribution in [0.1, 0.15) is 24.2 Å². The maximum absolute atomic E-state index is 11.9. The van der Waals surface area contributed by atoms with Gasteiger partial charge in [0.25, 0.3) is 0 Å². The third-order valence-electron chi connectivity index (χ3n) is 2.53. The SMILES string of the molecule is CC(C)Oc1ccc(OC(=O)c2ccccc2O)cc1. The Hall–Kier alpha value is -2.49. The van der Waals surface area contributed by atoms with E-state index in [2.05, 4.69) is 0 Å². The fourth-order valence-corrected chi connectivity index (χ4v) is 1.67. The summed E-state index contributed by atoms with van der Waals surface area (Å²) >= 11 is 0. The lowest BCUT2D eigenvalue weighted by Gasteiger charge is -2.10. The highest BCUT2D eigenvalue weighted by molar-refractivity contribution is 5.93. The van der Waals surface area contributed by atoms with Crippen molar-refractivity contribution < 1.29 is 19.4 Å². The summed E-state index contributed by atoms with van der Waals surface area (Å²) < 4.78 is 10.7. The van der Waals surface area contributed by atoms with Crippen LogP contribution >= 0.6 is 0 Å². The number of phenols is 1. The summed E-state index contributed by atoms with van der Waals surface area (Å²) in [6, 6.07) is 13.0. The first-order valence-electron chi connectivity index (χ1n) is 6.33. The van der Waals surface area contributed by atoms with E-state index in [1.54, 1.807) is 36.4 Å². The first kappa shape index (κ1) is 13.9. The number of rotatable bonds is 4. The summed E-state index contributed by atoms with van der Waals surface area (Å²) in [6.07, 6.45) is 0.0877. The fourth-order valence-electron chi connectivity index (χ4n) is 1.67. The maximum Gasteiger partial charge on any atom is 0.347 e. The van der Waals surface area contributed by atoms with Crippen LogP contribution in [-0.2, 0) is 0 Å². The van der Waals surface area contributed by atoms with Crippen molar-refractivity contribution in [1.29, 1.82) is 0 Å². The molecular weight excluding hydrogens is 256 g/mol. The topological polar surface area (TPSA) is 55.8 Å². The zero-order valence-corrected chi connectivity index (χ0v) is 11.4. The summed E-state index contributed by atoms with van der Waals surface area (Å²) in [4.78, 5) is 11.9. The van der Waals surface area contributed by atoms with Crippen molar-refractivity contribution in [3.8, 4) is 17.2 Å². The molecule has 2 aromatic rings. The quantitative estimate of drug-likeness (QED) is 0.684. The van der Waals surface area contributed by atoms with E-state index in [9.17, 15) is 9.90 Å². The number of carbonyl (C=O) groups excluding carboxylic acids is 1. The largest absolute Gasteiger partial charge is 0.507 e. The highest BCUT2D eigenvalue weighted by Gasteiger charge is 2.12. The van der Waals surface area contributed by atoms with Gasteiger partial charge in [-0.15, -0.1) is 0 Å². The molecule has 0 radical (unpaired) electrons. The van der Waals surface area contributed by atoms with E-state index < -0.39 is 5.97 Å². The van der Waals surface area contributed by atoms with Crippen molar-refractivity contribution in [2.75, 3.05) is 0 Å². The van der Waals surface area contributed by atoms with Crippen LogP contribution in [0.15, 0.2) is 48.5 Å². The molecule has 0 bridgehead atoms. The van der Waals surface area contributed by atoms with Gasteiger partial charge in [0.1, 0.15) is 22.8 Å². The van der Waals surface area contributed by atoms with Crippen molar-refractivity contribution in [1.82, 2.24) is 0 Å². The number of carbonyl (C=O) groups is 1. The smallest absolute Gasteiger partial charge is 0.347 e. The van der Waals surface area contributed by atoms with Gasteiger partial charge in [-0.25, -0.2) is 4.79 Å². The summed E-state index contributed by atoms with van der Waals surface area (Å²) in [6.45, 7) is 3.87. The van der Waals surface area contributed by atoms with Gasteiger partial charge in [-0.3, -0.25) is 0 Å². The monoisotopic (exact) mass is 272 g/mol. The van der Waals surface area contributed by atoms with E-state index in [1.807, 2.05) is 13.8 Å². The van der Waals surface area contributed by atoms with Gasteiger partial charge in [-0.1, -0.05) is 12.1 Å². The number of hydrogen-bond acceptors (Lipinski definition) is 4. The third kappa shape index (κ3) is 3.51. The zero-order valence-electron chi connectivity index (χ0n) is 11.4. The Balaban J connectivity index is 2.07. The Morgan fingerprint density at radius 1 is 1.00 bits per heavy atom. The standard InChI is InChI=1S/C16H16O4/c1-11(2)19-12-7-9-13(10-8-12)20-16(18)14-5-3-4-6-15(14)17/h3-11,17H,1-2H3. The highest BCUT2D eigenvalue weighted by Crippen LogP contribution is 2.22. The van der Waals surface area contributed by atoms with Crippen LogP contribution in [0.3, 0.4) is 0 Å². The van der Waals surface area contributed by atoms with Crippen molar-refractivity contribution >= 4 is 5.97 Å². The summed E-state index contributed by atoms with van der Waals surface area (Å²) in [5.74, 6) is 0.412. The molecule has 104 valence electrons. The molecule has 0 spiro atoms. The number of aromatic hydroxyl groups is 1. The van der Waals surface area contributed by atoms with E-state index in [1.165, 1.54) is 12.1 Å². The minimum Gasteiger partial charge on any atom is -0.507 e. The lowest BCUT2D eigenvalue weighted by Crippen LogP contribution is -2.09. The molecule has 0 fully saturated rings. The molecule has 0 saturated heterocycles. The molecule has 1 N–H and O–H groups in total. The molecule has 0 aliphatic heterocycles. The first-order chi connectivity index (χ1) is 9.56. The molecule has 4 heteroatoms. The van der Waals surface area contributed by atoms with Crippen molar-refractivity contribution in [2.45, 2.75) is 20.0 Å². The van der Waals surface area contributed by atoms with Crippen LogP contribution in [-0.4, -0.2) is 17.2 Å². The molecular formula is C16H16O4. The van der Waals surface area contributed by atoms with Crippen LogP contribution in [0.2, 0.25) is 0 Å². The number of phenolic OH excluding ortho intramolecular Hbond substituents is 1. The average molecular weight is 272 g/mol.